The first-order valence-corrected chi connectivity index (χ1v) is 8.91. The quantitative estimate of drug-likeness (QED) is 0.697. The number of pyridine rings is 1. The predicted octanol–water partition coefficient (Wildman–Crippen LogP) is 3.33. The van der Waals surface area contributed by atoms with Gasteiger partial charge in [0, 0.05) is 35.6 Å². The maximum absolute atomic E-state index is 12.4. The van der Waals surface area contributed by atoms with Crippen molar-refractivity contribution in [1.29, 1.82) is 0 Å². The second kappa shape index (κ2) is 9.56. The molecule has 3 N–H and O–H groups in total. The van der Waals surface area contributed by atoms with Crippen LogP contribution in [0.2, 0.25) is 0 Å². The summed E-state index contributed by atoms with van der Waals surface area (Å²) in [6, 6.07) is 10.1. The van der Waals surface area contributed by atoms with E-state index in [2.05, 4.69) is 20.9 Å². The Morgan fingerprint density at radius 3 is 2.41 bits per heavy atom. The Labute approximate surface area is 159 Å². The van der Waals surface area contributed by atoms with Gasteiger partial charge < -0.3 is 20.7 Å². The van der Waals surface area contributed by atoms with Crippen molar-refractivity contribution >= 4 is 17.6 Å². The average Bonchev–Trinajstić information content (AvgIpc) is 2.60. The normalized spacial score (nSPS) is 10.6. The van der Waals surface area contributed by atoms with Crippen LogP contribution in [0.3, 0.4) is 0 Å². The highest BCUT2D eigenvalue weighted by Crippen LogP contribution is 2.16. The van der Waals surface area contributed by atoms with Gasteiger partial charge in [0.05, 0.1) is 6.10 Å². The lowest BCUT2D eigenvalue weighted by atomic mass is 10.2. The van der Waals surface area contributed by atoms with Crippen molar-refractivity contribution in [1.82, 2.24) is 15.6 Å². The highest BCUT2D eigenvalue weighted by Gasteiger charge is 2.10. The van der Waals surface area contributed by atoms with Gasteiger partial charge in [-0.2, -0.15) is 0 Å². The van der Waals surface area contributed by atoms with Crippen molar-refractivity contribution < 1.29 is 14.3 Å². The summed E-state index contributed by atoms with van der Waals surface area (Å²) in [7, 11) is 0. The Balaban J connectivity index is 1.94. The van der Waals surface area contributed by atoms with Crippen LogP contribution in [0.25, 0.3) is 0 Å². The smallest absolute Gasteiger partial charge is 0.319 e. The third-order valence-corrected chi connectivity index (χ3v) is 3.46. The second-order valence-corrected chi connectivity index (χ2v) is 6.65. The highest BCUT2D eigenvalue weighted by atomic mass is 16.5. The van der Waals surface area contributed by atoms with Gasteiger partial charge in [0.1, 0.15) is 0 Å². The zero-order valence-corrected chi connectivity index (χ0v) is 16.1. The average molecular weight is 370 g/mol. The molecule has 144 valence electrons. The van der Waals surface area contributed by atoms with E-state index in [0.717, 1.165) is 5.56 Å². The molecule has 0 radical (unpaired) electrons. The molecule has 0 saturated carbocycles. The maximum atomic E-state index is 12.4. The number of hydrogen-bond donors (Lipinski definition) is 3. The molecule has 27 heavy (non-hydrogen) atoms. The molecule has 7 nitrogen and oxygen atoms in total. The van der Waals surface area contributed by atoms with Crippen molar-refractivity contribution in [3.63, 3.8) is 0 Å². The minimum absolute atomic E-state index is 0.00212. The third-order valence-electron chi connectivity index (χ3n) is 3.46. The van der Waals surface area contributed by atoms with Gasteiger partial charge in [0.2, 0.25) is 5.88 Å². The van der Waals surface area contributed by atoms with Crippen molar-refractivity contribution in [3.05, 3.63) is 53.7 Å². The summed E-state index contributed by atoms with van der Waals surface area (Å²) in [5.41, 5.74) is 1.92. The minimum Gasteiger partial charge on any atom is -0.475 e. The van der Waals surface area contributed by atoms with E-state index < -0.39 is 0 Å². The lowest BCUT2D eigenvalue weighted by Crippen LogP contribution is -2.34. The highest BCUT2D eigenvalue weighted by molar-refractivity contribution is 5.95. The standard InChI is InChI=1S/C20H26N4O3/c1-13(2)23-20(26)24-17-9-7-15(8-10-17)18(25)22-12-16-6-5-11-21-19(16)27-14(3)4/h5-11,13-14H,12H2,1-4H3,(H,22,25)(H2,23,24,26). The van der Waals surface area contributed by atoms with Crippen LogP contribution in [0.4, 0.5) is 10.5 Å². The number of nitrogens with zero attached hydrogens (tertiary/aromatic N) is 1. The predicted molar refractivity (Wildman–Crippen MR) is 105 cm³/mol. The van der Waals surface area contributed by atoms with Crippen LogP contribution in [0.5, 0.6) is 5.88 Å². The van der Waals surface area contributed by atoms with E-state index in [9.17, 15) is 9.59 Å². The van der Waals surface area contributed by atoms with Gasteiger partial charge in [-0.05, 0) is 58.0 Å². The number of carbonyl (C=O) groups is 2. The molecule has 2 rings (SSSR count). The summed E-state index contributed by atoms with van der Waals surface area (Å²) < 4.78 is 5.65. The fourth-order valence-electron chi connectivity index (χ4n) is 2.30. The molecule has 0 bridgehead atoms. The number of ether oxygens (including phenoxy) is 1. The van der Waals surface area contributed by atoms with Gasteiger partial charge >= 0.3 is 6.03 Å². The van der Waals surface area contributed by atoms with E-state index >= 15 is 0 Å². The van der Waals surface area contributed by atoms with E-state index in [1.54, 1.807) is 36.5 Å². The van der Waals surface area contributed by atoms with Crippen molar-refractivity contribution in [2.75, 3.05) is 5.32 Å². The van der Waals surface area contributed by atoms with E-state index in [-0.39, 0.29) is 24.1 Å². The van der Waals surface area contributed by atoms with Gasteiger partial charge in [-0.25, -0.2) is 9.78 Å². The molecular weight excluding hydrogens is 344 g/mol. The van der Waals surface area contributed by atoms with Crippen LogP contribution in [0, 0.1) is 0 Å². The zero-order chi connectivity index (χ0) is 19.8. The summed E-state index contributed by atoms with van der Waals surface area (Å²) in [5, 5.41) is 8.31. The molecule has 2 aromatic rings. The fourth-order valence-corrected chi connectivity index (χ4v) is 2.30. The van der Waals surface area contributed by atoms with Gasteiger partial charge in [-0.15, -0.1) is 0 Å². The molecule has 0 saturated heterocycles. The topological polar surface area (TPSA) is 92.4 Å². The van der Waals surface area contributed by atoms with Gasteiger partial charge in [0.15, 0.2) is 0 Å². The van der Waals surface area contributed by atoms with E-state index in [0.29, 0.717) is 23.7 Å². The Bertz CT molecular complexity index is 773. The first-order chi connectivity index (χ1) is 12.8. The van der Waals surface area contributed by atoms with Crippen LogP contribution in [0.15, 0.2) is 42.6 Å². The molecule has 0 aliphatic carbocycles. The molecular formula is C20H26N4O3. The Morgan fingerprint density at radius 1 is 1.07 bits per heavy atom. The van der Waals surface area contributed by atoms with Crippen LogP contribution in [0.1, 0.15) is 43.6 Å². The summed E-state index contributed by atoms with van der Waals surface area (Å²) in [4.78, 5) is 28.3. The molecule has 0 fully saturated rings. The van der Waals surface area contributed by atoms with Gasteiger partial charge in [-0.3, -0.25) is 4.79 Å². The number of rotatable bonds is 7. The Hall–Kier alpha value is -3.09. The molecule has 0 aliphatic heterocycles. The number of carbonyl (C=O) groups excluding carboxylic acids is 2. The first kappa shape index (κ1) is 20.2. The van der Waals surface area contributed by atoms with Crippen LogP contribution in [-0.2, 0) is 6.54 Å². The number of nitrogens with one attached hydrogen (secondary N) is 3. The number of amides is 3. The molecule has 7 heteroatoms. The van der Waals surface area contributed by atoms with Crippen LogP contribution < -0.4 is 20.7 Å². The zero-order valence-electron chi connectivity index (χ0n) is 16.1. The van der Waals surface area contributed by atoms with Gasteiger partial charge in [-0.1, -0.05) is 6.07 Å². The lowest BCUT2D eigenvalue weighted by Gasteiger charge is -2.13. The molecule has 0 unspecified atom stereocenters. The largest absolute Gasteiger partial charge is 0.475 e. The van der Waals surface area contributed by atoms with Crippen molar-refractivity contribution in [2.45, 2.75) is 46.4 Å². The molecule has 0 aliphatic rings. The molecule has 1 aromatic heterocycles. The molecule has 1 aromatic carbocycles. The lowest BCUT2D eigenvalue weighted by molar-refractivity contribution is 0.0950. The maximum Gasteiger partial charge on any atom is 0.319 e. The van der Waals surface area contributed by atoms with E-state index in [1.165, 1.54) is 0 Å². The molecule has 1 heterocycles. The first-order valence-electron chi connectivity index (χ1n) is 8.91. The number of benzene rings is 1. The van der Waals surface area contributed by atoms with E-state index in [1.807, 2.05) is 33.8 Å². The summed E-state index contributed by atoms with van der Waals surface area (Å²) in [6.45, 7) is 7.92. The number of aromatic nitrogens is 1. The number of hydrogen-bond acceptors (Lipinski definition) is 4. The number of anilines is 1. The summed E-state index contributed by atoms with van der Waals surface area (Å²) in [6.07, 6.45) is 1.66. The Morgan fingerprint density at radius 2 is 1.78 bits per heavy atom. The Kier molecular flexibility index (Phi) is 7.16. The third kappa shape index (κ3) is 6.62. The van der Waals surface area contributed by atoms with Gasteiger partial charge in [0.25, 0.3) is 5.91 Å². The van der Waals surface area contributed by atoms with Crippen LogP contribution >= 0.6 is 0 Å². The molecule has 0 spiro atoms. The van der Waals surface area contributed by atoms with E-state index in [4.69, 9.17) is 4.74 Å². The SMILES string of the molecule is CC(C)NC(=O)Nc1ccc(C(=O)NCc2cccnc2OC(C)C)cc1. The number of urea groups is 1. The molecule has 3 amide bonds. The second-order valence-electron chi connectivity index (χ2n) is 6.65. The fraction of sp³-hybridized carbons (Fsp3) is 0.350. The van der Waals surface area contributed by atoms with Crippen molar-refractivity contribution in [3.8, 4) is 5.88 Å². The summed E-state index contributed by atoms with van der Waals surface area (Å²) >= 11 is 0. The minimum atomic E-state index is -0.281. The monoisotopic (exact) mass is 370 g/mol. The summed E-state index contributed by atoms with van der Waals surface area (Å²) in [5.74, 6) is 0.302. The van der Waals surface area contributed by atoms with Crippen LogP contribution in [-0.4, -0.2) is 29.1 Å². The molecule has 0 atom stereocenters. The van der Waals surface area contributed by atoms with Crippen molar-refractivity contribution in [2.24, 2.45) is 0 Å².